The molecule has 1 saturated carbocycles. The summed E-state index contributed by atoms with van der Waals surface area (Å²) in [5.41, 5.74) is 3.71. The molecular formula is C16H14N2S. The predicted octanol–water partition coefficient (Wildman–Crippen LogP) is 4.18. The second kappa shape index (κ2) is 5.07. The van der Waals surface area contributed by atoms with Gasteiger partial charge in [0.2, 0.25) is 0 Å². The quantitative estimate of drug-likeness (QED) is 0.836. The molecular weight excluding hydrogens is 252 g/mol. The molecule has 0 unspecified atom stereocenters. The molecule has 1 heterocycles. The van der Waals surface area contributed by atoms with Crippen molar-refractivity contribution in [2.75, 3.05) is 0 Å². The standard InChI is InChI=1S/C16H14N2S/c1-11-2-4-12(5-3-11)14-8-9-16(15(10-17)18-14)19-13-6-7-13/h2-5,8-9,13H,6-7H2,1H3. The Morgan fingerprint density at radius 1 is 1.16 bits per heavy atom. The molecule has 2 aromatic rings. The number of nitriles is 1. The SMILES string of the molecule is Cc1ccc(-c2ccc(SC3CC3)c(C#N)n2)cc1. The third-order valence-electron chi connectivity index (χ3n) is 3.13. The van der Waals surface area contributed by atoms with Gasteiger partial charge in [-0.05, 0) is 31.9 Å². The Morgan fingerprint density at radius 2 is 1.89 bits per heavy atom. The lowest BCUT2D eigenvalue weighted by atomic mass is 10.1. The monoisotopic (exact) mass is 266 g/mol. The first-order valence-corrected chi connectivity index (χ1v) is 7.29. The third kappa shape index (κ3) is 2.80. The molecule has 0 atom stereocenters. The molecule has 1 aromatic heterocycles. The summed E-state index contributed by atoms with van der Waals surface area (Å²) in [6, 6.07) is 14.5. The first kappa shape index (κ1) is 12.3. The summed E-state index contributed by atoms with van der Waals surface area (Å²) in [6.07, 6.45) is 2.52. The van der Waals surface area contributed by atoms with E-state index in [1.54, 1.807) is 11.8 Å². The second-order valence-electron chi connectivity index (χ2n) is 4.84. The van der Waals surface area contributed by atoms with Gasteiger partial charge in [-0.2, -0.15) is 5.26 Å². The Kier molecular flexibility index (Phi) is 3.27. The number of aromatic nitrogens is 1. The topological polar surface area (TPSA) is 36.7 Å². The van der Waals surface area contributed by atoms with Gasteiger partial charge in [0.25, 0.3) is 0 Å². The van der Waals surface area contributed by atoms with Crippen molar-refractivity contribution in [1.29, 1.82) is 5.26 Å². The van der Waals surface area contributed by atoms with Gasteiger partial charge in [0.05, 0.1) is 5.69 Å². The van der Waals surface area contributed by atoms with Crippen LogP contribution in [0.2, 0.25) is 0 Å². The summed E-state index contributed by atoms with van der Waals surface area (Å²) in [4.78, 5) is 5.50. The number of nitrogens with zero attached hydrogens (tertiary/aromatic N) is 2. The van der Waals surface area contributed by atoms with Crippen molar-refractivity contribution in [1.82, 2.24) is 4.98 Å². The van der Waals surface area contributed by atoms with Crippen molar-refractivity contribution in [3.8, 4) is 17.3 Å². The summed E-state index contributed by atoms with van der Waals surface area (Å²) in [5.74, 6) is 0. The van der Waals surface area contributed by atoms with Gasteiger partial charge in [0.1, 0.15) is 6.07 Å². The summed E-state index contributed by atoms with van der Waals surface area (Å²) < 4.78 is 0. The van der Waals surface area contributed by atoms with Crippen LogP contribution in [0.5, 0.6) is 0 Å². The Hall–Kier alpha value is -1.79. The zero-order chi connectivity index (χ0) is 13.2. The molecule has 94 valence electrons. The number of aryl methyl sites for hydroxylation is 1. The van der Waals surface area contributed by atoms with Crippen LogP contribution < -0.4 is 0 Å². The van der Waals surface area contributed by atoms with Crippen LogP contribution in [0.15, 0.2) is 41.3 Å². The maximum absolute atomic E-state index is 9.24. The molecule has 1 aliphatic carbocycles. The van der Waals surface area contributed by atoms with Crippen molar-refractivity contribution in [2.45, 2.75) is 29.9 Å². The smallest absolute Gasteiger partial charge is 0.154 e. The van der Waals surface area contributed by atoms with Crippen LogP contribution in [0.4, 0.5) is 0 Å². The molecule has 1 fully saturated rings. The van der Waals surface area contributed by atoms with Crippen LogP contribution in [-0.2, 0) is 0 Å². The zero-order valence-electron chi connectivity index (χ0n) is 10.8. The minimum atomic E-state index is 0.551. The van der Waals surface area contributed by atoms with Crippen LogP contribution in [-0.4, -0.2) is 10.2 Å². The van der Waals surface area contributed by atoms with E-state index in [1.807, 2.05) is 24.3 Å². The van der Waals surface area contributed by atoms with Gasteiger partial charge < -0.3 is 0 Å². The van der Waals surface area contributed by atoms with E-state index in [-0.39, 0.29) is 0 Å². The van der Waals surface area contributed by atoms with Crippen LogP contribution >= 0.6 is 11.8 Å². The van der Waals surface area contributed by atoms with Gasteiger partial charge in [-0.3, -0.25) is 0 Å². The number of benzene rings is 1. The van der Waals surface area contributed by atoms with Crippen LogP contribution in [0, 0.1) is 18.3 Å². The molecule has 19 heavy (non-hydrogen) atoms. The van der Waals surface area contributed by atoms with E-state index in [9.17, 15) is 5.26 Å². The molecule has 3 heteroatoms. The Morgan fingerprint density at radius 3 is 2.53 bits per heavy atom. The fourth-order valence-corrected chi connectivity index (χ4v) is 2.95. The van der Waals surface area contributed by atoms with Gasteiger partial charge in [-0.25, -0.2) is 4.98 Å². The fourth-order valence-electron chi connectivity index (χ4n) is 1.87. The number of rotatable bonds is 3. The third-order valence-corrected chi connectivity index (χ3v) is 4.52. The highest BCUT2D eigenvalue weighted by atomic mass is 32.2. The van der Waals surface area contributed by atoms with Crippen molar-refractivity contribution in [3.63, 3.8) is 0 Å². The maximum Gasteiger partial charge on any atom is 0.154 e. The lowest BCUT2D eigenvalue weighted by molar-refractivity contribution is 1.18. The zero-order valence-corrected chi connectivity index (χ0v) is 11.6. The first-order valence-electron chi connectivity index (χ1n) is 6.41. The van der Waals surface area contributed by atoms with E-state index in [2.05, 4.69) is 30.1 Å². The van der Waals surface area contributed by atoms with E-state index < -0.39 is 0 Å². The molecule has 1 aliphatic rings. The highest BCUT2D eigenvalue weighted by Crippen LogP contribution is 2.40. The van der Waals surface area contributed by atoms with E-state index in [0.717, 1.165) is 16.2 Å². The average molecular weight is 266 g/mol. The molecule has 0 bridgehead atoms. The highest BCUT2D eigenvalue weighted by Gasteiger charge is 2.24. The molecule has 0 amide bonds. The van der Waals surface area contributed by atoms with Gasteiger partial charge in [-0.15, -0.1) is 11.8 Å². The Bertz CT molecular complexity index is 637. The summed E-state index contributed by atoms with van der Waals surface area (Å²) in [7, 11) is 0. The Labute approximate surface area is 117 Å². The first-order chi connectivity index (χ1) is 9.26. The summed E-state index contributed by atoms with van der Waals surface area (Å²) >= 11 is 1.78. The largest absolute Gasteiger partial charge is 0.236 e. The van der Waals surface area contributed by atoms with Gasteiger partial charge in [0, 0.05) is 15.7 Å². The van der Waals surface area contributed by atoms with Crippen molar-refractivity contribution in [3.05, 3.63) is 47.7 Å². The second-order valence-corrected chi connectivity index (χ2v) is 6.18. The van der Waals surface area contributed by atoms with Gasteiger partial charge >= 0.3 is 0 Å². The van der Waals surface area contributed by atoms with Gasteiger partial charge in [0.15, 0.2) is 5.69 Å². The molecule has 0 spiro atoms. The molecule has 1 aromatic carbocycles. The summed E-state index contributed by atoms with van der Waals surface area (Å²) in [6.45, 7) is 2.06. The molecule has 0 saturated heterocycles. The summed E-state index contributed by atoms with van der Waals surface area (Å²) in [5, 5.41) is 9.93. The lowest BCUT2D eigenvalue weighted by Gasteiger charge is -2.06. The van der Waals surface area contributed by atoms with Gasteiger partial charge in [-0.1, -0.05) is 29.8 Å². The van der Waals surface area contributed by atoms with Crippen molar-refractivity contribution in [2.24, 2.45) is 0 Å². The minimum Gasteiger partial charge on any atom is -0.236 e. The van der Waals surface area contributed by atoms with Crippen LogP contribution in [0.1, 0.15) is 24.1 Å². The number of hydrogen-bond acceptors (Lipinski definition) is 3. The van der Waals surface area contributed by atoms with E-state index >= 15 is 0 Å². The average Bonchev–Trinajstić information content (AvgIpc) is 3.24. The molecule has 0 N–H and O–H groups in total. The van der Waals surface area contributed by atoms with Crippen molar-refractivity contribution < 1.29 is 0 Å². The predicted molar refractivity (Wildman–Crippen MR) is 78.0 cm³/mol. The highest BCUT2D eigenvalue weighted by molar-refractivity contribution is 8.00. The number of thioether (sulfide) groups is 1. The lowest BCUT2D eigenvalue weighted by Crippen LogP contribution is -1.92. The fraction of sp³-hybridized carbons (Fsp3) is 0.250. The molecule has 2 nitrogen and oxygen atoms in total. The minimum absolute atomic E-state index is 0.551. The van der Waals surface area contributed by atoms with Crippen LogP contribution in [0.25, 0.3) is 11.3 Å². The van der Waals surface area contributed by atoms with E-state index in [1.165, 1.54) is 18.4 Å². The Balaban J connectivity index is 1.94. The van der Waals surface area contributed by atoms with Crippen molar-refractivity contribution >= 4 is 11.8 Å². The van der Waals surface area contributed by atoms with Crippen LogP contribution in [0.3, 0.4) is 0 Å². The molecule has 0 aliphatic heterocycles. The number of hydrogen-bond donors (Lipinski definition) is 0. The molecule has 0 radical (unpaired) electrons. The van der Waals surface area contributed by atoms with E-state index in [0.29, 0.717) is 10.9 Å². The normalized spacial score (nSPS) is 14.1. The maximum atomic E-state index is 9.24. The number of pyridine rings is 1. The molecule has 3 rings (SSSR count). The van der Waals surface area contributed by atoms with E-state index in [4.69, 9.17) is 0 Å².